The fraction of sp³-hybridized carbons (Fsp3) is 0.250. The van der Waals surface area contributed by atoms with E-state index in [-0.39, 0.29) is 11.6 Å². The summed E-state index contributed by atoms with van der Waals surface area (Å²) in [6.45, 7) is 0.534. The molecule has 3 aromatic rings. The van der Waals surface area contributed by atoms with Crippen molar-refractivity contribution in [1.29, 1.82) is 0 Å². The van der Waals surface area contributed by atoms with Crippen LogP contribution in [0, 0.1) is 0 Å². The van der Waals surface area contributed by atoms with Crippen molar-refractivity contribution >= 4 is 18.7 Å². The maximum absolute atomic E-state index is 11.4. The quantitative estimate of drug-likeness (QED) is 0.554. The number of thiol groups is 1. The van der Waals surface area contributed by atoms with Crippen LogP contribution < -0.4 is 23.7 Å². The topological polar surface area (TPSA) is 96.7 Å². The van der Waals surface area contributed by atoms with Gasteiger partial charge < -0.3 is 18.9 Å². The van der Waals surface area contributed by atoms with Gasteiger partial charge in [-0.25, -0.2) is 4.98 Å². The highest BCUT2D eigenvalue weighted by atomic mass is 32.1. The maximum Gasteiger partial charge on any atom is 0.279 e. The van der Waals surface area contributed by atoms with Crippen molar-refractivity contribution in [2.75, 3.05) is 28.4 Å². The molecular formula is C20H24N4O5S. The van der Waals surface area contributed by atoms with Crippen LogP contribution >= 0.6 is 12.8 Å². The monoisotopic (exact) mass is 432 g/mol. The summed E-state index contributed by atoms with van der Waals surface area (Å²) in [7, 11) is 6.33. The van der Waals surface area contributed by atoms with Crippen molar-refractivity contribution in [2.45, 2.75) is 6.54 Å². The van der Waals surface area contributed by atoms with E-state index < -0.39 is 0 Å². The van der Waals surface area contributed by atoms with Crippen molar-refractivity contribution in [2.24, 2.45) is 0 Å². The highest BCUT2D eigenvalue weighted by molar-refractivity contribution is 7.78. The van der Waals surface area contributed by atoms with Gasteiger partial charge in [-0.2, -0.15) is 5.10 Å². The van der Waals surface area contributed by atoms with Gasteiger partial charge in [0.05, 0.1) is 35.0 Å². The average molecular weight is 433 g/mol. The van der Waals surface area contributed by atoms with Crippen molar-refractivity contribution < 1.29 is 23.7 Å². The van der Waals surface area contributed by atoms with Crippen LogP contribution in [-0.2, 0) is 6.54 Å². The highest BCUT2D eigenvalue weighted by Crippen LogP contribution is 2.26. The third-order valence-corrected chi connectivity index (χ3v) is 4.12. The lowest BCUT2D eigenvalue weighted by Crippen LogP contribution is -2.15. The molecule has 30 heavy (non-hydrogen) atoms. The van der Waals surface area contributed by atoms with E-state index >= 15 is 0 Å². The van der Waals surface area contributed by atoms with Gasteiger partial charge in [0.15, 0.2) is 0 Å². The molecule has 1 amide bonds. The van der Waals surface area contributed by atoms with Gasteiger partial charge in [0.2, 0.25) is 5.88 Å². The highest BCUT2D eigenvalue weighted by Gasteiger charge is 2.11. The van der Waals surface area contributed by atoms with E-state index in [9.17, 15) is 4.79 Å². The smallest absolute Gasteiger partial charge is 0.279 e. The van der Waals surface area contributed by atoms with Crippen LogP contribution in [0.15, 0.2) is 48.8 Å². The molecule has 1 aromatic carbocycles. The number of rotatable bonds is 7. The van der Waals surface area contributed by atoms with Gasteiger partial charge >= 0.3 is 0 Å². The second-order valence-electron chi connectivity index (χ2n) is 5.76. The normalized spacial score (nSPS) is 9.77. The van der Waals surface area contributed by atoms with Crippen molar-refractivity contribution in [3.8, 4) is 23.1 Å². The van der Waals surface area contributed by atoms with Gasteiger partial charge in [-0.3, -0.25) is 14.2 Å². The minimum absolute atomic E-state index is 0.256. The fourth-order valence-electron chi connectivity index (χ4n) is 2.42. The van der Waals surface area contributed by atoms with Crippen molar-refractivity contribution in [3.05, 3.63) is 60.0 Å². The first-order valence-corrected chi connectivity index (χ1v) is 9.22. The minimum Gasteiger partial charge on any atom is -0.496 e. The molecule has 0 aliphatic heterocycles. The Kier molecular flexibility index (Phi) is 8.82. The minimum atomic E-state index is -0.373. The summed E-state index contributed by atoms with van der Waals surface area (Å²) in [5.41, 5.74) is 1.10. The Morgan fingerprint density at radius 3 is 2.03 bits per heavy atom. The van der Waals surface area contributed by atoms with Crippen LogP contribution in [0.5, 0.6) is 23.1 Å². The zero-order chi connectivity index (χ0) is 21.9. The molecular weight excluding hydrogens is 408 g/mol. The third-order valence-electron chi connectivity index (χ3n) is 3.92. The van der Waals surface area contributed by atoms with Crippen molar-refractivity contribution in [3.63, 3.8) is 0 Å². The lowest BCUT2D eigenvalue weighted by Gasteiger charge is -2.09. The van der Waals surface area contributed by atoms with Gasteiger partial charge in [0.25, 0.3) is 5.91 Å². The number of benzene rings is 1. The SMILES string of the molecule is COc1cc(OC)cc(OC)c1.COc1nc(C(=O)NS)ccc1Cn1cccn1. The summed E-state index contributed by atoms with van der Waals surface area (Å²) < 4.78 is 24.3. The second kappa shape index (κ2) is 11.6. The first-order valence-electron chi connectivity index (χ1n) is 8.77. The first kappa shape index (κ1) is 22.9. The van der Waals surface area contributed by atoms with Crippen LogP contribution in [-0.4, -0.2) is 49.1 Å². The molecule has 9 nitrogen and oxygen atoms in total. The van der Waals surface area contributed by atoms with Gasteiger partial charge in [0, 0.05) is 36.2 Å². The van der Waals surface area contributed by atoms with Gasteiger partial charge in [-0.15, -0.1) is 0 Å². The molecule has 160 valence electrons. The largest absolute Gasteiger partial charge is 0.496 e. The predicted molar refractivity (Wildman–Crippen MR) is 115 cm³/mol. The summed E-state index contributed by atoms with van der Waals surface area (Å²) in [5.74, 6) is 2.21. The van der Waals surface area contributed by atoms with E-state index in [0.717, 1.165) is 22.8 Å². The lowest BCUT2D eigenvalue weighted by atomic mass is 10.2. The van der Waals surface area contributed by atoms with Crippen LogP contribution in [0.1, 0.15) is 16.1 Å². The molecule has 2 heterocycles. The molecule has 2 aromatic heterocycles. The maximum atomic E-state index is 11.4. The molecule has 3 rings (SSSR count). The van der Waals surface area contributed by atoms with E-state index in [2.05, 4.69) is 27.6 Å². The summed E-state index contributed by atoms with van der Waals surface area (Å²) in [6, 6.07) is 10.6. The van der Waals surface area contributed by atoms with E-state index in [4.69, 9.17) is 18.9 Å². The number of pyridine rings is 1. The zero-order valence-corrected chi connectivity index (χ0v) is 18.1. The number of nitrogens with one attached hydrogen (secondary N) is 1. The van der Waals surface area contributed by atoms with E-state index in [1.165, 1.54) is 7.11 Å². The molecule has 0 fully saturated rings. The van der Waals surface area contributed by atoms with Crippen LogP contribution in [0.4, 0.5) is 0 Å². The molecule has 0 bridgehead atoms. The molecule has 1 N–H and O–H groups in total. The Morgan fingerprint density at radius 1 is 1.00 bits per heavy atom. The Balaban J connectivity index is 0.000000232. The Bertz CT molecular complexity index is 895. The molecule has 0 aliphatic rings. The van der Waals surface area contributed by atoms with E-state index in [0.29, 0.717) is 12.4 Å². The number of carbonyl (C=O) groups excluding carboxylic acids is 1. The molecule has 0 saturated heterocycles. The Hall–Kier alpha value is -3.40. The summed E-state index contributed by atoms with van der Waals surface area (Å²) in [5, 5.41) is 4.10. The van der Waals surface area contributed by atoms with Crippen molar-refractivity contribution in [1.82, 2.24) is 19.5 Å². The predicted octanol–water partition coefficient (Wildman–Crippen LogP) is 2.62. The number of hydrogen-bond acceptors (Lipinski definition) is 8. The van der Waals surface area contributed by atoms with Crippen LogP contribution in [0.2, 0.25) is 0 Å². The molecule has 0 saturated carbocycles. The average Bonchev–Trinajstić information content (AvgIpc) is 3.31. The number of hydrogen-bond donors (Lipinski definition) is 2. The standard InChI is InChI=1S/C11H12N4O2S.C9H12O3/c1-17-11-8(7-15-6-2-5-12-15)3-4-9(13-11)10(16)14-18;1-10-7-4-8(11-2)6-9(5-7)12-3/h2-6,18H,7H2,1H3,(H,14,16);4-6H,1-3H3. The lowest BCUT2D eigenvalue weighted by molar-refractivity contribution is 0.0979. The van der Waals surface area contributed by atoms with E-state index in [1.807, 2.05) is 12.3 Å². The summed E-state index contributed by atoms with van der Waals surface area (Å²) >= 11 is 3.69. The molecule has 0 atom stereocenters. The fourth-order valence-corrected chi connectivity index (χ4v) is 2.53. The van der Waals surface area contributed by atoms with Crippen LogP contribution in [0.25, 0.3) is 0 Å². The van der Waals surface area contributed by atoms with Crippen LogP contribution in [0.3, 0.4) is 0 Å². The summed E-state index contributed by atoms with van der Waals surface area (Å²) in [4.78, 5) is 15.5. The van der Waals surface area contributed by atoms with Gasteiger partial charge in [-0.05, 0) is 18.2 Å². The number of carbonyl (C=O) groups is 1. The molecule has 0 spiro atoms. The van der Waals surface area contributed by atoms with Gasteiger partial charge in [-0.1, -0.05) is 12.8 Å². The molecule has 10 heteroatoms. The molecule has 0 aliphatic carbocycles. The Morgan fingerprint density at radius 2 is 1.60 bits per heavy atom. The molecule has 0 radical (unpaired) electrons. The number of amides is 1. The third kappa shape index (κ3) is 6.31. The second-order valence-corrected chi connectivity index (χ2v) is 5.99. The molecule has 0 unspecified atom stereocenters. The van der Waals surface area contributed by atoms with E-state index in [1.54, 1.807) is 62.5 Å². The Labute approximate surface area is 180 Å². The number of aromatic nitrogens is 3. The number of ether oxygens (including phenoxy) is 4. The first-order chi connectivity index (χ1) is 14.5. The zero-order valence-electron chi connectivity index (χ0n) is 17.2. The number of nitrogens with zero attached hydrogens (tertiary/aromatic N) is 3. The summed E-state index contributed by atoms with van der Waals surface area (Å²) in [6.07, 6.45) is 3.54. The van der Waals surface area contributed by atoms with Gasteiger partial charge in [0.1, 0.15) is 22.9 Å². The number of methoxy groups -OCH3 is 4.